The van der Waals surface area contributed by atoms with Gasteiger partial charge in [-0.1, -0.05) is 0 Å². The Morgan fingerprint density at radius 3 is 2.71 bits per heavy atom. The average Bonchev–Trinajstić information content (AvgIpc) is 2.31. The molecule has 1 atom stereocenters. The molecular formula is C12H27IN4. The number of piperidine rings is 1. The molecule has 102 valence electrons. The minimum Gasteiger partial charge on any atom is -0.359 e. The van der Waals surface area contributed by atoms with Gasteiger partial charge < -0.3 is 15.5 Å². The highest BCUT2D eigenvalue weighted by atomic mass is 127. The molecule has 5 heteroatoms. The predicted molar refractivity (Wildman–Crippen MR) is 85.3 cm³/mol. The molecule has 0 aromatic rings. The highest BCUT2D eigenvalue weighted by Crippen LogP contribution is 2.17. The summed E-state index contributed by atoms with van der Waals surface area (Å²) in [6, 6.07) is 0.673. The summed E-state index contributed by atoms with van der Waals surface area (Å²) in [6.07, 6.45) is 2.65. The SMILES string of the molecule is CN=C(NC)NCC1CCCN(C(C)C)C1.I. The van der Waals surface area contributed by atoms with Crippen molar-refractivity contribution in [2.24, 2.45) is 10.9 Å². The molecule has 17 heavy (non-hydrogen) atoms. The molecule has 1 rings (SSSR count). The van der Waals surface area contributed by atoms with Gasteiger partial charge in [0.15, 0.2) is 5.96 Å². The van der Waals surface area contributed by atoms with Crippen LogP contribution in [-0.2, 0) is 0 Å². The standard InChI is InChI=1S/C12H26N4.HI/c1-10(2)16-7-5-6-11(9-16)8-15-12(13-3)14-4;/h10-11H,5-9H2,1-4H3,(H2,13,14,15);1H. The number of likely N-dealkylation sites (tertiary alicyclic amines) is 1. The van der Waals surface area contributed by atoms with Crippen molar-refractivity contribution in [2.45, 2.75) is 32.7 Å². The van der Waals surface area contributed by atoms with Crippen LogP contribution in [0.4, 0.5) is 0 Å². The molecule has 0 amide bonds. The molecule has 0 aliphatic carbocycles. The van der Waals surface area contributed by atoms with Gasteiger partial charge in [0.25, 0.3) is 0 Å². The zero-order valence-corrected chi connectivity index (χ0v) is 13.8. The number of nitrogens with one attached hydrogen (secondary N) is 2. The van der Waals surface area contributed by atoms with E-state index in [9.17, 15) is 0 Å². The van der Waals surface area contributed by atoms with E-state index < -0.39 is 0 Å². The minimum absolute atomic E-state index is 0. The Kier molecular flexibility index (Phi) is 8.94. The lowest BCUT2D eigenvalue weighted by molar-refractivity contribution is 0.141. The van der Waals surface area contributed by atoms with E-state index in [-0.39, 0.29) is 24.0 Å². The fourth-order valence-corrected chi connectivity index (χ4v) is 2.25. The van der Waals surface area contributed by atoms with Crippen LogP contribution in [0.1, 0.15) is 26.7 Å². The van der Waals surface area contributed by atoms with E-state index in [1.807, 2.05) is 7.05 Å². The topological polar surface area (TPSA) is 39.7 Å². The Morgan fingerprint density at radius 2 is 2.18 bits per heavy atom. The van der Waals surface area contributed by atoms with Gasteiger partial charge in [0.2, 0.25) is 0 Å². The van der Waals surface area contributed by atoms with E-state index in [1.54, 1.807) is 7.05 Å². The number of hydrogen-bond donors (Lipinski definition) is 2. The van der Waals surface area contributed by atoms with E-state index in [0.29, 0.717) is 6.04 Å². The second-order valence-electron chi connectivity index (χ2n) is 4.80. The van der Waals surface area contributed by atoms with E-state index in [0.717, 1.165) is 18.4 Å². The van der Waals surface area contributed by atoms with Crippen LogP contribution in [0.5, 0.6) is 0 Å². The van der Waals surface area contributed by atoms with Crippen molar-refractivity contribution in [3.05, 3.63) is 0 Å². The lowest BCUT2D eigenvalue weighted by atomic mass is 9.97. The Bertz CT molecular complexity index is 231. The summed E-state index contributed by atoms with van der Waals surface area (Å²) in [5.41, 5.74) is 0. The van der Waals surface area contributed by atoms with Gasteiger partial charge in [0.1, 0.15) is 0 Å². The van der Waals surface area contributed by atoms with Gasteiger partial charge in [-0.05, 0) is 39.2 Å². The van der Waals surface area contributed by atoms with Crippen molar-refractivity contribution in [1.29, 1.82) is 0 Å². The largest absolute Gasteiger partial charge is 0.359 e. The lowest BCUT2D eigenvalue weighted by Gasteiger charge is -2.35. The highest BCUT2D eigenvalue weighted by Gasteiger charge is 2.21. The van der Waals surface area contributed by atoms with Crippen molar-refractivity contribution in [3.63, 3.8) is 0 Å². The van der Waals surface area contributed by atoms with E-state index in [4.69, 9.17) is 0 Å². The van der Waals surface area contributed by atoms with Crippen molar-refractivity contribution in [1.82, 2.24) is 15.5 Å². The number of hydrogen-bond acceptors (Lipinski definition) is 2. The van der Waals surface area contributed by atoms with Crippen LogP contribution in [0.3, 0.4) is 0 Å². The zero-order valence-electron chi connectivity index (χ0n) is 11.5. The monoisotopic (exact) mass is 354 g/mol. The first-order chi connectivity index (χ1) is 7.67. The average molecular weight is 354 g/mol. The van der Waals surface area contributed by atoms with Gasteiger partial charge in [0.05, 0.1) is 0 Å². The number of rotatable bonds is 3. The summed E-state index contributed by atoms with van der Waals surface area (Å²) in [7, 11) is 3.71. The highest BCUT2D eigenvalue weighted by molar-refractivity contribution is 14.0. The first-order valence-corrected chi connectivity index (χ1v) is 6.29. The third kappa shape index (κ3) is 5.90. The first kappa shape index (κ1) is 17.0. The van der Waals surface area contributed by atoms with Gasteiger partial charge in [-0.2, -0.15) is 0 Å². The van der Waals surface area contributed by atoms with Crippen molar-refractivity contribution < 1.29 is 0 Å². The second-order valence-corrected chi connectivity index (χ2v) is 4.80. The molecule has 0 radical (unpaired) electrons. The van der Waals surface area contributed by atoms with Gasteiger partial charge in [-0.3, -0.25) is 4.99 Å². The smallest absolute Gasteiger partial charge is 0.190 e. The molecule has 1 heterocycles. The lowest BCUT2D eigenvalue weighted by Crippen LogP contribution is -2.45. The third-order valence-electron chi connectivity index (χ3n) is 3.30. The molecule has 2 N–H and O–H groups in total. The molecule has 0 spiro atoms. The Hall–Kier alpha value is -0.0400. The Labute approximate surface area is 123 Å². The van der Waals surface area contributed by atoms with Gasteiger partial charge >= 0.3 is 0 Å². The van der Waals surface area contributed by atoms with E-state index >= 15 is 0 Å². The molecule has 0 saturated carbocycles. The first-order valence-electron chi connectivity index (χ1n) is 6.29. The Morgan fingerprint density at radius 1 is 1.47 bits per heavy atom. The summed E-state index contributed by atoms with van der Waals surface area (Å²) in [5.74, 6) is 1.64. The summed E-state index contributed by atoms with van der Waals surface area (Å²) in [5, 5.41) is 6.41. The second kappa shape index (κ2) is 8.97. The number of guanidine groups is 1. The van der Waals surface area contributed by atoms with Crippen molar-refractivity contribution in [2.75, 3.05) is 33.7 Å². The van der Waals surface area contributed by atoms with E-state index in [1.165, 1.54) is 25.9 Å². The fraction of sp³-hybridized carbons (Fsp3) is 0.917. The van der Waals surface area contributed by atoms with Crippen LogP contribution < -0.4 is 10.6 Å². The summed E-state index contributed by atoms with van der Waals surface area (Å²) in [6.45, 7) is 8.06. The summed E-state index contributed by atoms with van der Waals surface area (Å²) in [4.78, 5) is 6.69. The van der Waals surface area contributed by atoms with Gasteiger partial charge in [-0.25, -0.2) is 0 Å². The van der Waals surface area contributed by atoms with Crippen LogP contribution in [0, 0.1) is 5.92 Å². The Balaban J connectivity index is 0.00000256. The summed E-state index contributed by atoms with van der Waals surface area (Å²) >= 11 is 0. The molecule has 1 fully saturated rings. The molecule has 1 saturated heterocycles. The normalized spacial score (nSPS) is 22.2. The molecular weight excluding hydrogens is 327 g/mol. The molecule has 0 bridgehead atoms. The molecule has 0 aromatic carbocycles. The van der Waals surface area contributed by atoms with Crippen LogP contribution in [0.15, 0.2) is 4.99 Å². The maximum atomic E-state index is 4.13. The molecule has 1 unspecified atom stereocenters. The third-order valence-corrected chi connectivity index (χ3v) is 3.30. The minimum atomic E-state index is 0. The molecule has 1 aliphatic heterocycles. The number of nitrogens with zero attached hydrogens (tertiary/aromatic N) is 2. The van der Waals surface area contributed by atoms with Crippen molar-refractivity contribution >= 4 is 29.9 Å². The maximum Gasteiger partial charge on any atom is 0.190 e. The van der Waals surface area contributed by atoms with Gasteiger partial charge in [-0.15, -0.1) is 24.0 Å². The van der Waals surface area contributed by atoms with Crippen LogP contribution in [-0.4, -0.2) is 50.6 Å². The van der Waals surface area contributed by atoms with Crippen LogP contribution in [0.25, 0.3) is 0 Å². The van der Waals surface area contributed by atoms with Crippen molar-refractivity contribution in [3.8, 4) is 0 Å². The van der Waals surface area contributed by atoms with Crippen LogP contribution in [0.2, 0.25) is 0 Å². The predicted octanol–water partition coefficient (Wildman–Crippen LogP) is 1.52. The molecule has 4 nitrogen and oxygen atoms in total. The van der Waals surface area contributed by atoms with Gasteiger partial charge in [0, 0.05) is 33.2 Å². The molecule has 1 aliphatic rings. The summed E-state index contributed by atoms with van der Waals surface area (Å²) < 4.78 is 0. The fourth-order valence-electron chi connectivity index (χ4n) is 2.25. The zero-order chi connectivity index (χ0) is 12.0. The maximum absolute atomic E-state index is 4.13. The molecule has 0 aromatic heterocycles. The van der Waals surface area contributed by atoms with Crippen LogP contribution >= 0.6 is 24.0 Å². The number of aliphatic imine (C=N–C) groups is 1. The van der Waals surface area contributed by atoms with E-state index in [2.05, 4.69) is 34.4 Å². The quantitative estimate of drug-likeness (QED) is 0.459. The number of halogens is 1.